The van der Waals surface area contributed by atoms with Crippen molar-refractivity contribution in [3.8, 4) is 22.0 Å². The van der Waals surface area contributed by atoms with Crippen LogP contribution in [0.1, 0.15) is 0 Å². The monoisotopic (exact) mass is 218 g/mol. The lowest BCUT2D eigenvalue weighted by atomic mass is 10.2. The van der Waals surface area contributed by atoms with Gasteiger partial charge in [-0.15, -0.1) is 5.54 Å². The Morgan fingerprint density at radius 2 is 1.71 bits per heavy atom. The predicted molar refractivity (Wildman–Crippen MR) is 68.3 cm³/mol. The summed E-state index contributed by atoms with van der Waals surface area (Å²) >= 11 is 1.41. The van der Waals surface area contributed by atoms with Crippen LogP contribution in [0.15, 0.2) is 24.3 Å². The lowest BCUT2D eigenvalue weighted by Crippen LogP contribution is -2.15. The second kappa shape index (κ2) is 5.15. The van der Waals surface area contributed by atoms with Crippen LogP contribution in [0.3, 0.4) is 0 Å². The molecule has 0 aliphatic heterocycles. The van der Waals surface area contributed by atoms with Gasteiger partial charge in [-0.25, -0.2) is 0 Å². The van der Waals surface area contributed by atoms with Crippen LogP contribution in [0.2, 0.25) is 19.6 Å². The summed E-state index contributed by atoms with van der Waals surface area (Å²) in [6, 6.07) is 0. The first-order valence-electron chi connectivity index (χ1n) is 4.61. The molecule has 0 nitrogen and oxygen atoms in total. The van der Waals surface area contributed by atoms with E-state index in [1.54, 1.807) is 0 Å². The number of allylic oxidation sites excluding steroid dienone is 4. The maximum Gasteiger partial charge on any atom is 0.130 e. The van der Waals surface area contributed by atoms with Crippen molar-refractivity contribution in [1.82, 2.24) is 0 Å². The predicted octanol–water partition coefficient (Wildman–Crippen LogP) is 3.26. The van der Waals surface area contributed by atoms with E-state index in [1.807, 2.05) is 12.2 Å². The van der Waals surface area contributed by atoms with Crippen LogP contribution in [-0.2, 0) is 0 Å². The van der Waals surface area contributed by atoms with E-state index >= 15 is 0 Å². The molecular weight excluding hydrogens is 204 g/mol. The zero-order chi connectivity index (χ0) is 10.4. The van der Waals surface area contributed by atoms with Crippen molar-refractivity contribution in [1.29, 1.82) is 0 Å². The van der Waals surface area contributed by atoms with E-state index < -0.39 is 8.07 Å². The van der Waals surface area contributed by atoms with E-state index in [9.17, 15) is 0 Å². The molecule has 0 unspecified atom stereocenters. The molecule has 0 heterocycles. The zero-order valence-electron chi connectivity index (χ0n) is 8.79. The van der Waals surface area contributed by atoms with Gasteiger partial charge in [-0.05, 0) is 10.5 Å². The van der Waals surface area contributed by atoms with Crippen LogP contribution in [-0.4, -0.2) is 8.07 Å². The standard InChI is InChI=1S/C12H14SSi/c1-14(2,3)11-10-13-9-8-12-6-4-5-7-12/h4-7,12H,1-3H3. The van der Waals surface area contributed by atoms with Gasteiger partial charge in [0.2, 0.25) is 0 Å². The molecule has 0 aromatic carbocycles. The van der Waals surface area contributed by atoms with Crippen molar-refractivity contribution < 1.29 is 0 Å². The molecule has 0 spiro atoms. The SMILES string of the molecule is C[Si](C)(C)C#CSC#CC1C=CC=C1. The topological polar surface area (TPSA) is 0 Å². The van der Waals surface area contributed by atoms with Gasteiger partial charge in [0, 0.05) is 11.8 Å². The number of rotatable bonds is 0. The molecule has 0 saturated heterocycles. The average molecular weight is 218 g/mol. The fraction of sp³-hybridized carbons (Fsp3) is 0.333. The first kappa shape index (κ1) is 11.2. The first-order valence-corrected chi connectivity index (χ1v) is 8.93. The number of hydrogen-bond donors (Lipinski definition) is 0. The summed E-state index contributed by atoms with van der Waals surface area (Å²) in [7, 11) is -1.22. The molecule has 14 heavy (non-hydrogen) atoms. The minimum absolute atomic E-state index is 0.302. The number of thioether (sulfide) groups is 1. The van der Waals surface area contributed by atoms with Crippen molar-refractivity contribution in [3.05, 3.63) is 24.3 Å². The van der Waals surface area contributed by atoms with E-state index in [2.05, 4.69) is 53.8 Å². The Balaban J connectivity index is 2.36. The maximum atomic E-state index is 3.26. The minimum Gasteiger partial charge on any atom is -0.119 e. The highest BCUT2D eigenvalue weighted by Crippen LogP contribution is 2.07. The molecule has 0 fully saturated rings. The van der Waals surface area contributed by atoms with Gasteiger partial charge < -0.3 is 0 Å². The van der Waals surface area contributed by atoms with Gasteiger partial charge in [-0.1, -0.05) is 49.9 Å². The summed E-state index contributed by atoms with van der Waals surface area (Å²) in [4.78, 5) is 0. The number of hydrogen-bond acceptors (Lipinski definition) is 1. The van der Waals surface area contributed by atoms with E-state index in [4.69, 9.17) is 0 Å². The van der Waals surface area contributed by atoms with Gasteiger partial charge in [0.05, 0.1) is 5.92 Å². The van der Waals surface area contributed by atoms with Gasteiger partial charge in [0.1, 0.15) is 8.07 Å². The van der Waals surface area contributed by atoms with Crippen LogP contribution in [0.5, 0.6) is 0 Å². The Morgan fingerprint density at radius 1 is 1.07 bits per heavy atom. The van der Waals surface area contributed by atoms with Crippen LogP contribution in [0.4, 0.5) is 0 Å². The average Bonchev–Trinajstić information content (AvgIpc) is 2.54. The third kappa shape index (κ3) is 5.02. The Labute approximate surface area is 91.9 Å². The van der Waals surface area contributed by atoms with E-state index in [1.165, 1.54) is 11.8 Å². The van der Waals surface area contributed by atoms with Gasteiger partial charge in [0.25, 0.3) is 0 Å². The maximum absolute atomic E-state index is 3.26. The normalized spacial score (nSPS) is 14.5. The highest BCUT2D eigenvalue weighted by molar-refractivity contribution is 8.08. The van der Waals surface area contributed by atoms with Gasteiger partial charge in [-0.3, -0.25) is 0 Å². The summed E-state index contributed by atoms with van der Waals surface area (Å²) in [6.45, 7) is 6.70. The molecule has 2 heteroatoms. The molecular formula is C12H14SSi. The molecule has 0 amide bonds. The van der Waals surface area contributed by atoms with Crippen LogP contribution < -0.4 is 0 Å². The Kier molecular flexibility index (Phi) is 4.13. The molecule has 0 radical (unpaired) electrons. The Bertz CT molecular complexity index is 351. The Hall–Kier alpha value is -0.833. The minimum atomic E-state index is -1.22. The zero-order valence-corrected chi connectivity index (χ0v) is 10.6. The third-order valence-corrected chi connectivity index (χ3v) is 2.98. The van der Waals surface area contributed by atoms with Crippen molar-refractivity contribution >= 4 is 19.8 Å². The molecule has 1 aliphatic rings. The van der Waals surface area contributed by atoms with E-state index in [-0.39, 0.29) is 0 Å². The summed E-state index contributed by atoms with van der Waals surface area (Å²) in [5.41, 5.74) is 3.26. The molecule has 0 atom stereocenters. The fourth-order valence-electron chi connectivity index (χ4n) is 0.830. The summed E-state index contributed by atoms with van der Waals surface area (Å²) in [6.07, 6.45) is 8.22. The quantitative estimate of drug-likeness (QED) is 0.444. The molecule has 0 aromatic rings. The smallest absolute Gasteiger partial charge is 0.119 e. The van der Waals surface area contributed by atoms with Crippen LogP contribution in [0, 0.1) is 27.9 Å². The molecule has 0 bridgehead atoms. The van der Waals surface area contributed by atoms with Gasteiger partial charge in [-0.2, -0.15) is 0 Å². The second-order valence-electron chi connectivity index (χ2n) is 4.12. The molecule has 0 saturated carbocycles. The summed E-state index contributed by atoms with van der Waals surface area (Å²) in [5.74, 6) is 3.42. The molecule has 1 rings (SSSR count). The lowest BCUT2D eigenvalue weighted by Gasteiger charge is -2.01. The molecule has 72 valence electrons. The van der Waals surface area contributed by atoms with E-state index in [0.29, 0.717) is 5.92 Å². The molecule has 0 N–H and O–H groups in total. The Morgan fingerprint density at radius 3 is 2.29 bits per heavy atom. The van der Waals surface area contributed by atoms with Gasteiger partial charge in [0.15, 0.2) is 0 Å². The van der Waals surface area contributed by atoms with Crippen LogP contribution >= 0.6 is 11.8 Å². The molecule has 0 aromatic heterocycles. The van der Waals surface area contributed by atoms with Gasteiger partial charge >= 0.3 is 0 Å². The lowest BCUT2D eigenvalue weighted by molar-refractivity contribution is 1.15. The van der Waals surface area contributed by atoms with Crippen LogP contribution in [0.25, 0.3) is 0 Å². The summed E-state index contributed by atoms with van der Waals surface area (Å²) < 4.78 is 0. The highest BCUT2D eigenvalue weighted by atomic mass is 32.2. The van der Waals surface area contributed by atoms with Crippen molar-refractivity contribution in [2.75, 3.05) is 0 Å². The largest absolute Gasteiger partial charge is 0.130 e. The van der Waals surface area contributed by atoms with Crippen molar-refractivity contribution in [3.63, 3.8) is 0 Å². The second-order valence-corrected chi connectivity index (χ2v) is 9.48. The van der Waals surface area contributed by atoms with Crippen molar-refractivity contribution in [2.24, 2.45) is 5.92 Å². The first-order chi connectivity index (χ1) is 6.58. The summed E-state index contributed by atoms with van der Waals surface area (Å²) in [5, 5.41) is 6.07. The van der Waals surface area contributed by atoms with Crippen molar-refractivity contribution in [2.45, 2.75) is 19.6 Å². The van der Waals surface area contributed by atoms with E-state index in [0.717, 1.165) is 0 Å². The third-order valence-electron chi connectivity index (χ3n) is 1.50. The molecule has 1 aliphatic carbocycles. The highest BCUT2D eigenvalue weighted by Gasteiger charge is 2.06. The fourth-order valence-corrected chi connectivity index (χ4v) is 2.50.